The van der Waals surface area contributed by atoms with Crippen molar-refractivity contribution in [1.29, 1.82) is 0 Å². The van der Waals surface area contributed by atoms with Gasteiger partial charge in [0.05, 0.1) is 5.69 Å². The molecule has 1 rings (SSSR count). The highest BCUT2D eigenvalue weighted by Gasteiger charge is 2.11. The fraction of sp³-hybridized carbons (Fsp3) is 0.556. The maximum atomic E-state index is 4.10. The zero-order valence-electron chi connectivity index (χ0n) is 8.05. The summed E-state index contributed by atoms with van der Waals surface area (Å²) in [5.74, 6) is 0.499. The van der Waals surface area contributed by atoms with Crippen molar-refractivity contribution in [1.82, 2.24) is 15.4 Å². The van der Waals surface area contributed by atoms with Crippen LogP contribution in [0.1, 0.15) is 32.2 Å². The molecule has 0 aliphatic carbocycles. The summed E-state index contributed by atoms with van der Waals surface area (Å²) in [6.45, 7) is 8.31. The molecule has 0 aliphatic heterocycles. The van der Waals surface area contributed by atoms with Crippen LogP contribution in [0.4, 0.5) is 0 Å². The van der Waals surface area contributed by atoms with Gasteiger partial charge in [-0.05, 0) is 25.3 Å². The summed E-state index contributed by atoms with van der Waals surface area (Å²) in [6, 6.07) is 0. The number of aromatic amines is 1. The number of rotatable bonds is 2. The van der Waals surface area contributed by atoms with Crippen LogP contribution in [0.2, 0.25) is 0 Å². The van der Waals surface area contributed by atoms with E-state index in [1.54, 1.807) is 0 Å². The van der Waals surface area contributed by atoms with Crippen molar-refractivity contribution in [3.05, 3.63) is 17.5 Å². The minimum absolute atomic E-state index is 0.499. The van der Waals surface area contributed by atoms with Crippen molar-refractivity contribution in [2.75, 3.05) is 0 Å². The second-order valence-corrected chi connectivity index (χ2v) is 3.16. The average molecular weight is 165 g/mol. The maximum Gasteiger partial charge on any atom is 0.111 e. The van der Waals surface area contributed by atoms with Gasteiger partial charge in [-0.1, -0.05) is 19.9 Å². The summed E-state index contributed by atoms with van der Waals surface area (Å²) in [7, 11) is 0. The van der Waals surface area contributed by atoms with Crippen LogP contribution in [0.25, 0.3) is 5.57 Å². The summed E-state index contributed by atoms with van der Waals surface area (Å²) >= 11 is 0. The summed E-state index contributed by atoms with van der Waals surface area (Å²) in [5, 5.41) is 10.7. The fourth-order valence-corrected chi connectivity index (χ4v) is 1.30. The van der Waals surface area contributed by atoms with E-state index in [4.69, 9.17) is 0 Å². The monoisotopic (exact) mass is 165 g/mol. The molecule has 0 unspecified atom stereocenters. The number of nitrogens with zero attached hydrogens (tertiary/aromatic N) is 2. The average Bonchev–Trinajstić information content (AvgIpc) is 2.38. The molecule has 1 N–H and O–H groups in total. The van der Waals surface area contributed by atoms with E-state index in [-0.39, 0.29) is 0 Å². The van der Waals surface area contributed by atoms with Gasteiger partial charge in [0.25, 0.3) is 0 Å². The molecular weight excluding hydrogens is 150 g/mol. The molecule has 1 aromatic rings. The lowest BCUT2D eigenvalue weighted by Gasteiger charge is -2.07. The van der Waals surface area contributed by atoms with Crippen LogP contribution < -0.4 is 0 Å². The van der Waals surface area contributed by atoms with E-state index in [1.807, 2.05) is 13.8 Å². The van der Waals surface area contributed by atoms with E-state index >= 15 is 0 Å². The molecule has 0 bridgehead atoms. The molecule has 0 atom stereocenters. The van der Waals surface area contributed by atoms with E-state index in [2.05, 4.69) is 35.3 Å². The number of aromatic nitrogens is 3. The molecule has 1 heterocycles. The number of H-pyrrole nitrogens is 1. The molecule has 12 heavy (non-hydrogen) atoms. The Morgan fingerprint density at radius 1 is 1.42 bits per heavy atom. The molecule has 0 saturated carbocycles. The smallest absolute Gasteiger partial charge is 0.111 e. The zero-order valence-corrected chi connectivity index (χ0v) is 8.05. The molecule has 0 radical (unpaired) electrons. The van der Waals surface area contributed by atoms with Crippen LogP contribution >= 0.6 is 0 Å². The second kappa shape index (κ2) is 3.52. The summed E-state index contributed by atoms with van der Waals surface area (Å²) in [4.78, 5) is 0. The van der Waals surface area contributed by atoms with Crippen molar-refractivity contribution in [2.45, 2.75) is 27.7 Å². The van der Waals surface area contributed by atoms with E-state index in [0.29, 0.717) is 5.92 Å². The van der Waals surface area contributed by atoms with Gasteiger partial charge in [-0.3, -0.25) is 0 Å². The Morgan fingerprint density at radius 2 is 2.08 bits per heavy atom. The van der Waals surface area contributed by atoms with Crippen molar-refractivity contribution in [2.24, 2.45) is 5.92 Å². The van der Waals surface area contributed by atoms with Crippen LogP contribution in [0.15, 0.2) is 6.08 Å². The standard InChI is InChI=1S/C9H15N3/c1-5-8(6(2)3)9-7(4)10-12-11-9/h5-6H,1-4H3,(H,10,11,12)/b8-5+. The molecular formula is C9H15N3. The first kappa shape index (κ1) is 8.97. The van der Waals surface area contributed by atoms with Gasteiger partial charge in [-0.2, -0.15) is 15.4 Å². The van der Waals surface area contributed by atoms with Crippen LogP contribution in [-0.4, -0.2) is 15.4 Å². The Kier molecular flexibility index (Phi) is 2.63. The SMILES string of the molecule is C/C=C(/c1n[nH]nc1C)C(C)C. The highest BCUT2D eigenvalue weighted by molar-refractivity contribution is 5.64. The van der Waals surface area contributed by atoms with Gasteiger partial charge >= 0.3 is 0 Å². The Balaban J connectivity index is 3.04. The third kappa shape index (κ3) is 1.55. The van der Waals surface area contributed by atoms with E-state index in [0.717, 1.165) is 11.4 Å². The van der Waals surface area contributed by atoms with Gasteiger partial charge in [0, 0.05) is 0 Å². The Morgan fingerprint density at radius 3 is 2.42 bits per heavy atom. The fourth-order valence-electron chi connectivity index (χ4n) is 1.30. The molecule has 0 aromatic carbocycles. The van der Waals surface area contributed by atoms with Crippen LogP contribution in [0, 0.1) is 12.8 Å². The van der Waals surface area contributed by atoms with Gasteiger partial charge < -0.3 is 0 Å². The third-order valence-electron chi connectivity index (χ3n) is 1.93. The number of nitrogens with one attached hydrogen (secondary N) is 1. The molecule has 3 heteroatoms. The summed E-state index contributed by atoms with van der Waals surface area (Å²) in [5.41, 5.74) is 3.21. The quantitative estimate of drug-likeness (QED) is 0.729. The Labute approximate surface area is 72.9 Å². The number of allylic oxidation sites excluding steroid dienone is 2. The minimum atomic E-state index is 0.499. The predicted molar refractivity (Wildman–Crippen MR) is 49.6 cm³/mol. The number of hydrogen-bond donors (Lipinski definition) is 1. The Bertz CT molecular complexity index is 284. The van der Waals surface area contributed by atoms with Gasteiger partial charge in [0.1, 0.15) is 5.69 Å². The van der Waals surface area contributed by atoms with Gasteiger partial charge in [0.15, 0.2) is 0 Å². The highest BCUT2D eigenvalue weighted by atomic mass is 15.3. The van der Waals surface area contributed by atoms with Crippen molar-refractivity contribution >= 4 is 5.57 Å². The largest absolute Gasteiger partial charge is 0.197 e. The van der Waals surface area contributed by atoms with Crippen LogP contribution in [0.5, 0.6) is 0 Å². The highest BCUT2D eigenvalue weighted by Crippen LogP contribution is 2.21. The minimum Gasteiger partial charge on any atom is -0.197 e. The van der Waals surface area contributed by atoms with E-state index in [9.17, 15) is 0 Å². The molecule has 3 nitrogen and oxygen atoms in total. The summed E-state index contributed by atoms with van der Waals surface area (Å²) in [6.07, 6.45) is 2.09. The van der Waals surface area contributed by atoms with Crippen molar-refractivity contribution < 1.29 is 0 Å². The molecule has 0 amide bonds. The lowest BCUT2D eigenvalue weighted by molar-refractivity contribution is 0.841. The van der Waals surface area contributed by atoms with Gasteiger partial charge in [-0.15, -0.1) is 0 Å². The second-order valence-electron chi connectivity index (χ2n) is 3.16. The first-order valence-corrected chi connectivity index (χ1v) is 4.20. The van der Waals surface area contributed by atoms with Crippen molar-refractivity contribution in [3.8, 4) is 0 Å². The number of hydrogen-bond acceptors (Lipinski definition) is 2. The van der Waals surface area contributed by atoms with Gasteiger partial charge in [-0.25, -0.2) is 0 Å². The van der Waals surface area contributed by atoms with Crippen molar-refractivity contribution in [3.63, 3.8) is 0 Å². The first-order chi connectivity index (χ1) is 5.66. The molecule has 0 saturated heterocycles. The predicted octanol–water partition coefficient (Wildman–Crippen LogP) is 2.17. The number of aryl methyl sites for hydroxylation is 1. The van der Waals surface area contributed by atoms with E-state index < -0.39 is 0 Å². The lowest BCUT2D eigenvalue weighted by Crippen LogP contribution is -1.95. The molecule has 0 fully saturated rings. The normalized spacial score (nSPS) is 12.6. The molecule has 66 valence electrons. The topological polar surface area (TPSA) is 41.6 Å². The van der Waals surface area contributed by atoms with E-state index in [1.165, 1.54) is 5.57 Å². The lowest BCUT2D eigenvalue weighted by atomic mass is 9.99. The maximum absolute atomic E-state index is 4.10. The van der Waals surface area contributed by atoms with Crippen LogP contribution in [-0.2, 0) is 0 Å². The summed E-state index contributed by atoms with van der Waals surface area (Å²) < 4.78 is 0. The Hall–Kier alpha value is -1.12. The zero-order chi connectivity index (χ0) is 9.14. The van der Waals surface area contributed by atoms with Gasteiger partial charge in [0.2, 0.25) is 0 Å². The molecule has 0 aliphatic rings. The first-order valence-electron chi connectivity index (χ1n) is 4.20. The van der Waals surface area contributed by atoms with Crippen LogP contribution in [0.3, 0.4) is 0 Å². The third-order valence-corrected chi connectivity index (χ3v) is 1.93. The molecule has 0 spiro atoms. The molecule has 1 aromatic heterocycles.